The van der Waals surface area contributed by atoms with Crippen LogP contribution in [0.3, 0.4) is 0 Å². The predicted octanol–water partition coefficient (Wildman–Crippen LogP) is 3.85. The van der Waals surface area contributed by atoms with E-state index in [1.165, 1.54) is 5.39 Å². The normalized spacial score (nSPS) is 10.1. The Morgan fingerprint density at radius 1 is 0.947 bits per heavy atom. The Labute approximate surface area is 111 Å². The summed E-state index contributed by atoms with van der Waals surface area (Å²) in [4.78, 5) is 4.22. The number of nitriles is 1. The molecule has 0 spiro atoms. The van der Waals surface area contributed by atoms with Gasteiger partial charge >= 0.3 is 0 Å². The summed E-state index contributed by atoms with van der Waals surface area (Å²) in [6.07, 6.45) is 1.56. The second-order valence-corrected chi connectivity index (χ2v) is 4.20. The molecule has 0 saturated carbocycles. The molecule has 3 aromatic rings. The summed E-state index contributed by atoms with van der Waals surface area (Å²) in [5, 5.41) is 14.4. The van der Waals surface area contributed by atoms with E-state index in [-0.39, 0.29) is 0 Å². The third-order valence-corrected chi connectivity index (χ3v) is 2.94. The minimum atomic E-state index is 0.559. The topological polar surface area (TPSA) is 48.7 Å². The van der Waals surface area contributed by atoms with E-state index in [9.17, 15) is 0 Å². The lowest BCUT2D eigenvalue weighted by molar-refractivity contribution is 1.29. The molecule has 0 amide bonds. The standard InChI is InChI=1S/C16H11N3/c17-10-12-8-9-16(18-11-12)19-15-7-3-5-13-4-1-2-6-14(13)15/h1-9,11H,(H,18,19). The van der Waals surface area contributed by atoms with Crippen molar-refractivity contribution >= 4 is 22.3 Å². The van der Waals surface area contributed by atoms with E-state index >= 15 is 0 Å². The molecule has 0 aliphatic heterocycles. The molecule has 0 fully saturated rings. The molecule has 0 radical (unpaired) electrons. The van der Waals surface area contributed by atoms with Gasteiger partial charge in [0, 0.05) is 17.3 Å². The Morgan fingerprint density at radius 2 is 1.79 bits per heavy atom. The van der Waals surface area contributed by atoms with Gasteiger partial charge in [-0.25, -0.2) is 4.98 Å². The fourth-order valence-corrected chi connectivity index (χ4v) is 2.01. The molecule has 0 atom stereocenters. The molecule has 0 saturated heterocycles. The highest BCUT2D eigenvalue weighted by atomic mass is 15.0. The van der Waals surface area contributed by atoms with Crippen molar-refractivity contribution in [1.29, 1.82) is 5.26 Å². The van der Waals surface area contributed by atoms with Crippen molar-refractivity contribution in [2.45, 2.75) is 0 Å². The van der Waals surface area contributed by atoms with Gasteiger partial charge in [-0.15, -0.1) is 0 Å². The van der Waals surface area contributed by atoms with E-state index in [1.807, 2.05) is 24.3 Å². The maximum atomic E-state index is 8.75. The summed E-state index contributed by atoms with van der Waals surface area (Å²) in [5.41, 5.74) is 1.57. The number of nitrogens with zero attached hydrogens (tertiary/aromatic N) is 2. The number of rotatable bonds is 2. The monoisotopic (exact) mass is 245 g/mol. The van der Waals surface area contributed by atoms with Crippen LogP contribution in [0.25, 0.3) is 10.8 Å². The number of hydrogen-bond acceptors (Lipinski definition) is 3. The summed E-state index contributed by atoms with van der Waals surface area (Å²) in [7, 11) is 0. The van der Waals surface area contributed by atoms with Gasteiger partial charge in [0.25, 0.3) is 0 Å². The fourth-order valence-electron chi connectivity index (χ4n) is 2.01. The summed E-state index contributed by atoms with van der Waals surface area (Å²) < 4.78 is 0. The lowest BCUT2D eigenvalue weighted by Gasteiger charge is -2.08. The van der Waals surface area contributed by atoms with E-state index in [0.717, 1.165) is 16.9 Å². The van der Waals surface area contributed by atoms with E-state index in [2.05, 4.69) is 34.6 Å². The highest BCUT2D eigenvalue weighted by Crippen LogP contribution is 2.25. The van der Waals surface area contributed by atoms with E-state index in [1.54, 1.807) is 18.3 Å². The predicted molar refractivity (Wildman–Crippen MR) is 76.2 cm³/mol. The summed E-state index contributed by atoms with van der Waals surface area (Å²) in [5.74, 6) is 0.732. The number of fused-ring (bicyclic) bond motifs is 1. The van der Waals surface area contributed by atoms with Crippen molar-refractivity contribution in [3.05, 3.63) is 66.4 Å². The lowest BCUT2D eigenvalue weighted by Crippen LogP contribution is -1.94. The lowest BCUT2D eigenvalue weighted by atomic mass is 10.1. The van der Waals surface area contributed by atoms with E-state index in [0.29, 0.717) is 5.56 Å². The Kier molecular flexibility index (Phi) is 2.83. The zero-order chi connectivity index (χ0) is 13.1. The molecule has 1 aromatic heterocycles. The van der Waals surface area contributed by atoms with E-state index in [4.69, 9.17) is 5.26 Å². The molecule has 0 bridgehead atoms. The zero-order valence-electron chi connectivity index (χ0n) is 10.2. The maximum absolute atomic E-state index is 8.75. The third kappa shape index (κ3) is 2.24. The molecule has 90 valence electrons. The van der Waals surface area contributed by atoms with Crippen molar-refractivity contribution in [2.24, 2.45) is 0 Å². The van der Waals surface area contributed by atoms with Crippen LogP contribution in [0.5, 0.6) is 0 Å². The van der Waals surface area contributed by atoms with Crippen molar-refractivity contribution in [3.63, 3.8) is 0 Å². The quantitative estimate of drug-likeness (QED) is 0.746. The van der Waals surface area contributed by atoms with Crippen molar-refractivity contribution in [3.8, 4) is 6.07 Å². The van der Waals surface area contributed by atoms with Crippen LogP contribution < -0.4 is 5.32 Å². The van der Waals surface area contributed by atoms with Crippen LogP contribution in [0, 0.1) is 11.3 Å². The van der Waals surface area contributed by atoms with Crippen LogP contribution in [0.1, 0.15) is 5.56 Å². The molecule has 1 heterocycles. The van der Waals surface area contributed by atoms with Gasteiger partial charge < -0.3 is 5.32 Å². The Bertz CT molecular complexity index is 750. The molecule has 0 aliphatic carbocycles. The van der Waals surface area contributed by atoms with Crippen molar-refractivity contribution < 1.29 is 0 Å². The number of hydrogen-bond donors (Lipinski definition) is 1. The first-order valence-corrected chi connectivity index (χ1v) is 5.98. The second kappa shape index (κ2) is 4.79. The van der Waals surface area contributed by atoms with Gasteiger partial charge in [-0.3, -0.25) is 0 Å². The van der Waals surface area contributed by atoms with Crippen molar-refractivity contribution in [1.82, 2.24) is 4.98 Å². The van der Waals surface area contributed by atoms with Crippen molar-refractivity contribution in [2.75, 3.05) is 5.32 Å². The highest BCUT2D eigenvalue weighted by molar-refractivity contribution is 5.95. The van der Waals surface area contributed by atoms with E-state index < -0.39 is 0 Å². The fraction of sp³-hybridized carbons (Fsp3) is 0. The van der Waals surface area contributed by atoms with Gasteiger partial charge in [-0.2, -0.15) is 5.26 Å². The number of pyridine rings is 1. The Balaban J connectivity index is 1.99. The average Bonchev–Trinajstić information content (AvgIpc) is 2.48. The van der Waals surface area contributed by atoms with Gasteiger partial charge in [-0.05, 0) is 23.6 Å². The highest BCUT2D eigenvalue weighted by Gasteiger charge is 2.01. The van der Waals surface area contributed by atoms with Gasteiger partial charge in [-0.1, -0.05) is 36.4 Å². The molecular weight excluding hydrogens is 234 g/mol. The first kappa shape index (κ1) is 11.2. The molecular formula is C16H11N3. The van der Waals surface area contributed by atoms with Crippen LogP contribution in [-0.4, -0.2) is 4.98 Å². The van der Waals surface area contributed by atoms with Crippen LogP contribution in [0.4, 0.5) is 11.5 Å². The molecule has 3 heteroatoms. The molecule has 3 rings (SSSR count). The molecule has 3 nitrogen and oxygen atoms in total. The number of aromatic nitrogens is 1. The maximum Gasteiger partial charge on any atom is 0.130 e. The number of anilines is 2. The molecule has 2 aromatic carbocycles. The van der Waals surface area contributed by atoms with Gasteiger partial charge in [0.15, 0.2) is 0 Å². The van der Waals surface area contributed by atoms with Gasteiger partial charge in [0.05, 0.1) is 5.56 Å². The summed E-state index contributed by atoms with van der Waals surface area (Å²) >= 11 is 0. The van der Waals surface area contributed by atoms with Crippen LogP contribution in [-0.2, 0) is 0 Å². The Morgan fingerprint density at radius 3 is 2.58 bits per heavy atom. The van der Waals surface area contributed by atoms with Crippen LogP contribution in [0.2, 0.25) is 0 Å². The number of benzene rings is 2. The first-order chi connectivity index (χ1) is 9.36. The molecule has 0 aliphatic rings. The zero-order valence-corrected chi connectivity index (χ0v) is 10.2. The minimum absolute atomic E-state index is 0.559. The molecule has 1 N–H and O–H groups in total. The minimum Gasteiger partial charge on any atom is -0.340 e. The van der Waals surface area contributed by atoms with Crippen LogP contribution in [0.15, 0.2) is 60.8 Å². The average molecular weight is 245 g/mol. The summed E-state index contributed by atoms with van der Waals surface area (Å²) in [6.45, 7) is 0. The molecule has 19 heavy (non-hydrogen) atoms. The first-order valence-electron chi connectivity index (χ1n) is 5.98. The third-order valence-electron chi connectivity index (χ3n) is 2.94. The Hall–Kier alpha value is -2.86. The SMILES string of the molecule is N#Cc1ccc(Nc2cccc3ccccc23)nc1. The van der Waals surface area contributed by atoms with Gasteiger partial charge in [0.2, 0.25) is 0 Å². The summed E-state index contributed by atoms with van der Waals surface area (Å²) in [6, 6.07) is 19.9. The second-order valence-electron chi connectivity index (χ2n) is 4.20. The smallest absolute Gasteiger partial charge is 0.130 e. The number of nitrogens with one attached hydrogen (secondary N) is 1. The largest absolute Gasteiger partial charge is 0.340 e. The van der Waals surface area contributed by atoms with Gasteiger partial charge in [0.1, 0.15) is 11.9 Å². The van der Waals surface area contributed by atoms with Crippen LogP contribution >= 0.6 is 0 Å². The molecule has 0 unspecified atom stereocenters.